The van der Waals surface area contributed by atoms with E-state index < -0.39 is 6.04 Å². The van der Waals surface area contributed by atoms with Gasteiger partial charge >= 0.3 is 0 Å². The number of benzene rings is 2. The van der Waals surface area contributed by atoms with Gasteiger partial charge in [0.15, 0.2) is 0 Å². The molecule has 2 aromatic carbocycles. The van der Waals surface area contributed by atoms with Crippen molar-refractivity contribution in [2.24, 2.45) is 0 Å². The summed E-state index contributed by atoms with van der Waals surface area (Å²) in [7, 11) is 0. The molecule has 3 rings (SSSR count). The molecule has 2 aromatic rings. The summed E-state index contributed by atoms with van der Waals surface area (Å²) in [6.07, 6.45) is 2.63. The van der Waals surface area contributed by atoms with Crippen molar-refractivity contribution in [1.29, 1.82) is 0 Å². The summed E-state index contributed by atoms with van der Waals surface area (Å²) in [5.41, 5.74) is 1.77. The van der Waals surface area contributed by atoms with Crippen LogP contribution in [-0.2, 0) is 9.59 Å². The molecule has 0 atom stereocenters. The first-order valence-corrected chi connectivity index (χ1v) is 8.21. The second kappa shape index (κ2) is 6.18. The molecule has 1 heterocycles. The molecule has 1 aliphatic heterocycles. The second-order valence-electron chi connectivity index (χ2n) is 4.89. The Labute approximate surface area is 144 Å². The monoisotopic (exact) mass is 419 g/mol. The van der Waals surface area contributed by atoms with Crippen molar-refractivity contribution in [1.82, 2.24) is 4.90 Å². The molecule has 2 amide bonds. The number of carbonyl (C=O) groups excluding carboxylic acids is 2. The van der Waals surface area contributed by atoms with Gasteiger partial charge in [-0.1, -0.05) is 56.1 Å². The minimum Gasteiger partial charge on any atom is -0.269 e. The predicted molar refractivity (Wildman–Crippen MR) is 91.1 cm³/mol. The van der Waals surface area contributed by atoms with Gasteiger partial charge in [0.25, 0.3) is 11.8 Å². The number of rotatable bonds is 3. The van der Waals surface area contributed by atoms with Crippen LogP contribution in [-0.4, -0.2) is 16.7 Å². The largest absolute Gasteiger partial charge is 0.269 e. The van der Waals surface area contributed by atoms with Crippen LogP contribution in [0.3, 0.4) is 0 Å². The minimum absolute atomic E-state index is 0.291. The van der Waals surface area contributed by atoms with Crippen LogP contribution in [0.25, 0.3) is 0 Å². The van der Waals surface area contributed by atoms with Crippen molar-refractivity contribution >= 4 is 43.7 Å². The standard InChI is InChI=1S/C17H11Br2NO2/c18-13-5-1-11(2-6-13)17(12-3-7-14(19)8-4-12)20-15(21)9-10-16(20)22/h1-10,17H. The van der Waals surface area contributed by atoms with E-state index in [-0.39, 0.29) is 11.8 Å². The number of amides is 2. The maximum Gasteiger partial charge on any atom is 0.254 e. The maximum atomic E-state index is 12.1. The Bertz CT molecular complexity index is 688. The van der Waals surface area contributed by atoms with Gasteiger partial charge in [0, 0.05) is 21.1 Å². The molecule has 0 fully saturated rings. The lowest BCUT2D eigenvalue weighted by Crippen LogP contribution is -2.34. The van der Waals surface area contributed by atoms with Crippen LogP contribution >= 0.6 is 31.9 Å². The Morgan fingerprint density at radius 2 is 1.05 bits per heavy atom. The Morgan fingerprint density at radius 1 is 0.682 bits per heavy atom. The van der Waals surface area contributed by atoms with Gasteiger partial charge < -0.3 is 0 Å². The first-order chi connectivity index (χ1) is 10.6. The van der Waals surface area contributed by atoms with Crippen molar-refractivity contribution in [3.05, 3.63) is 80.8 Å². The molecule has 0 spiro atoms. The summed E-state index contributed by atoms with van der Waals surface area (Å²) in [6, 6.07) is 14.8. The molecule has 22 heavy (non-hydrogen) atoms. The number of hydrogen-bond donors (Lipinski definition) is 0. The van der Waals surface area contributed by atoms with E-state index in [2.05, 4.69) is 31.9 Å². The first kappa shape index (κ1) is 15.2. The Kier molecular flexibility index (Phi) is 4.27. The zero-order valence-corrected chi connectivity index (χ0v) is 14.5. The van der Waals surface area contributed by atoms with Gasteiger partial charge in [-0.05, 0) is 35.4 Å². The van der Waals surface area contributed by atoms with Crippen LogP contribution in [0.5, 0.6) is 0 Å². The first-order valence-electron chi connectivity index (χ1n) is 6.62. The molecule has 3 nitrogen and oxygen atoms in total. The zero-order chi connectivity index (χ0) is 15.7. The number of carbonyl (C=O) groups is 2. The van der Waals surface area contributed by atoms with Crippen LogP contribution in [0.4, 0.5) is 0 Å². The fourth-order valence-electron chi connectivity index (χ4n) is 2.45. The predicted octanol–water partition coefficient (Wildman–Crippen LogP) is 4.23. The molecule has 0 bridgehead atoms. The molecular weight excluding hydrogens is 410 g/mol. The van der Waals surface area contributed by atoms with Crippen LogP contribution in [0.2, 0.25) is 0 Å². The molecule has 0 unspecified atom stereocenters. The third kappa shape index (κ3) is 2.91. The topological polar surface area (TPSA) is 37.4 Å². The van der Waals surface area contributed by atoms with Crippen molar-refractivity contribution in [2.45, 2.75) is 6.04 Å². The van der Waals surface area contributed by atoms with E-state index in [1.165, 1.54) is 17.1 Å². The van der Waals surface area contributed by atoms with E-state index in [9.17, 15) is 9.59 Å². The average Bonchev–Trinajstić information content (AvgIpc) is 2.83. The summed E-state index contributed by atoms with van der Waals surface area (Å²) < 4.78 is 1.89. The molecule has 1 aliphatic rings. The highest BCUT2D eigenvalue weighted by molar-refractivity contribution is 9.10. The second-order valence-corrected chi connectivity index (χ2v) is 6.72. The van der Waals surface area contributed by atoms with Gasteiger partial charge in [-0.2, -0.15) is 0 Å². The van der Waals surface area contributed by atoms with E-state index in [0.29, 0.717) is 0 Å². The quantitative estimate of drug-likeness (QED) is 0.697. The van der Waals surface area contributed by atoms with Gasteiger partial charge in [-0.3, -0.25) is 14.5 Å². The molecule has 0 N–H and O–H groups in total. The smallest absolute Gasteiger partial charge is 0.254 e. The van der Waals surface area contributed by atoms with Gasteiger partial charge in [0.1, 0.15) is 0 Å². The van der Waals surface area contributed by atoms with Gasteiger partial charge in [-0.25, -0.2) is 0 Å². The van der Waals surface area contributed by atoms with Crippen LogP contribution in [0, 0.1) is 0 Å². The number of imide groups is 1. The SMILES string of the molecule is O=C1C=CC(=O)N1C(c1ccc(Br)cc1)c1ccc(Br)cc1. The molecule has 5 heteroatoms. The molecule has 0 saturated heterocycles. The summed E-state index contributed by atoms with van der Waals surface area (Å²) >= 11 is 6.80. The summed E-state index contributed by atoms with van der Waals surface area (Å²) in [5, 5.41) is 0. The van der Waals surface area contributed by atoms with Crippen molar-refractivity contribution in [2.75, 3.05) is 0 Å². The van der Waals surface area contributed by atoms with Gasteiger partial charge in [-0.15, -0.1) is 0 Å². The minimum atomic E-state index is -0.434. The Balaban J connectivity index is 2.09. The summed E-state index contributed by atoms with van der Waals surface area (Å²) in [6.45, 7) is 0. The highest BCUT2D eigenvalue weighted by Crippen LogP contribution is 2.32. The highest BCUT2D eigenvalue weighted by atomic mass is 79.9. The molecule has 0 aliphatic carbocycles. The lowest BCUT2D eigenvalue weighted by molar-refractivity contribution is -0.138. The van der Waals surface area contributed by atoms with E-state index >= 15 is 0 Å². The Morgan fingerprint density at radius 3 is 1.41 bits per heavy atom. The van der Waals surface area contributed by atoms with Crippen LogP contribution < -0.4 is 0 Å². The lowest BCUT2D eigenvalue weighted by atomic mass is 9.97. The molecule has 0 aromatic heterocycles. The number of hydrogen-bond acceptors (Lipinski definition) is 2. The molecule has 110 valence electrons. The zero-order valence-electron chi connectivity index (χ0n) is 11.4. The molecular formula is C17H11Br2NO2. The summed E-state index contributed by atoms with van der Waals surface area (Å²) in [4.78, 5) is 25.5. The van der Waals surface area contributed by atoms with Crippen molar-refractivity contribution in [3.8, 4) is 0 Å². The van der Waals surface area contributed by atoms with Crippen molar-refractivity contribution in [3.63, 3.8) is 0 Å². The normalized spacial score (nSPS) is 14.2. The van der Waals surface area contributed by atoms with Gasteiger partial charge in [0.05, 0.1) is 6.04 Å². The van der Waals surface area contributed by atoms with E-state index in [4.69, 9.17) is 0 Å². The van der Waals surface area contributed by atoms with E-state index in [0.717, 1.165) is 20.1 Å². The Hall–Kier alpha value is -1.72. The van der Waals surface area contributed by atoms with Crippen molar-refractivity contribution < 1.29 is 9.59 Å². The van der Waals surface area contributed by atoms with E-state index in [1.54, 1.807) is 0 Å². The average molecular weight is 421 g/mol. The third-order valence-electron chi connectivity index (χ3n) is 3.47. The molecule has 0 radical (unpaired) electrons. The maximum absolute atomic E-state index is 12.1. The van der Waals surface area contributed by atoms with Crippen LogP contribution in [0.1, 0.15) is 17.2 Å². The fourth-order valence-corrected chi connectivity index (χ4v) is 2.98. The number of nitrogens with zero attached hydrogens (tertiary/aromatic N) is 1. The fraction of sp³-hybridized carbons (Fsp3) is 0.0588. The number of halogens is 2. The lowest BCUT2D eigenvalue weighted by Gasteiger charge is -2.27. The van der Waals surface area contributed by atoms with Crippen LogP contribution in [0.15, 0.2) is 69.6 Å². The van der Waals surface area contributed by atoms with Gasteiger partial charge in [0.2, 0.25) is 0 Å². The third-order valence-corrected chi connectivity index (χ3v) is 4.53. The highest BCUT2D eigenvalue weighted by Gasteiger charge is 2.33. The summed E-state index contributed by atoms with van der Waals surface area (Å²) in [5.74, 6) is -0.582. The molecule has 0 saturated carbocycles. The van der Waals surface area contributed by atoms with E-state index in [1.807, 2.05) is 48.5 Å².